The first-order valence-electron chi connectivity index (χ1n) is 36.3. The van der Waals surface area contributed by atoms with Crippen LogP contribution in [-0.4, -0.2) is 38.2 Å². The molecule has 0 saturated heterocycles. The molecule has 19 rings (SSSR count). The Hall–Kier alpha value is -14.3. The number of rotatable bonds is 16. The van der Waals surface area contributed by atoms with E-state index in [1.165, 1.54) is 16.4 Å². The fourth-order valence-electron chi connectivity index (χ4n) is 15.6. The van der Waals surface area contributed by atoms with Gasteiger partial charge in [-0.15, -0.1) is 0 Å². The number of hydrogen-bond donors (Lipinski definition) is 0. The average molecular weight is 1390 g/mol. The number of para-hydroxylation sites is 4. The molecular weight excluding hydrogens is 1320 g/mol. The van der Waals surface area contributed by atoms with Crippen LogP contribution in [0.1, 0.15) is 31.8 Å². The van der Waals surface area contributed by atoms with Gasteiger partial charge in [-0.2, -0.15) is 0 Å². The van der Waals surface area contributed by atoms with Gasteiger partial charge in [0.25, 0.3) is 6.71 Å². The van der Waals surface area contributed by atoms with Crippen molar-refractivity contribution in [2.75, 3.05) is 9.80 Å². The summed E-state index contributed by atoms with van der Waals surface area (Å²) in [5.74, 6) is -0.439. The van der Waals surface area contributed by atoms with Crippen molar-refractivity contribution in [1.82, 2.24) is 19.5 Å². The molecule has 0 unspecified atom stereocenters. The van der Waals surface area contributed by atoms with Gasteiger partial charge in [0.1, 0.15) is 13.2 Å². The molecular formula is C97H65BN6O4. The van der Waals surface area contributed by atoms with Crippen LogP contribution in [-0.2, 0) is 22.7 Å². The number of pyridine rings is 1. The number of anilines is 6. The summed E-state index contributed by atoms with van der Waals surface area (Å²) in [5.41, 5.74) is 26.5. The number of nitrogens with zero attached hydrogens (tertiary/aromatic N) is 6. The van der Waals surface area contributed by atoms with Gasteiger partial charge in [-0.1, -0.05) is 249 Å². The Kier molecular flexibility index (Phi) is 16.6. The highest BCUT2D eigenvalue weighted by molar-refractivity contribution is 7.00. The fraction of sp³-hybridized carbons (Fsp3) is 0.0206. The largest absolute Gasteiger partial charge is 0.457 e. The van der Waals surface area contributed by atoms with Crippen LogP contribution in [0.15, 0.2) is 370 Å². The molecule has 17 aromatic rings. The molecule has 10 nitrogen and oxygen atoms in total. The van der Waals surface area contributed by atoms with E-state index < -0.39 is 11.9 Å². The predicted octanol–water partition coefficient (Wildman–Crippen LogP) is 21.4. The molecule has 2 aliphatic rings. The first-order valence-corrected chi connectivity index (χ1v) is 36.3. The highest BCUT2D eigenvalue weighted by Gasteiger charge is 2.43. The zero-order valence-corrected chi connectivity index (χ0v) is 58.5. The molecule has 0 radical (unpaired) electrons. The molecule has 0 atom stereocenters. The molecule has 0 N–H and O–H groups in total. The number of aromatic nitrogens is 4. The van der Waals surface area contributed by atoms with Crippen molar-refractivity contribution >= 4 is 91.0 Å². The first-order chi connectivity index (χ1) is 53.4. The van der Waals surface area contributed by atoms with E-state index in [0.717, 1.165) is 140 Å². The second kappa shape index (κ2) is 27.7. The number of benzene rings is 14. The second-order valence-corrected chi connectivity index (χ2v) is 27.2. The minimum Gasteiger partial charge on any atom is -0.457 e. The van der Waals surface area contributed by atoms with Gasteiger partial charge in [0, 0.05) is 72.7 Å². The van der Waals surface area contributed by atoms with Crippen LogP contribution < -0.4 is 26.2 Å². The van der Waals surface area contributed by atoms with Crippen LogP contribution in [0.5, 0.6) is 0 Å². The molecule has 0 saturated carbocycles. The monoisotopic (exact) mass is 1390 g/mol. The van der Waals surface area contributed by atoms with Crippen LogP contribution in [0, 0.1) is 0 Å². The maximum Gasteiger partial charge on any atom is 0.338 e. The summed E-state index contributed by atoms with van der Waals surface area (Å²) in [7, 11) is 0. The van der Waals surface area contributed by atoms with Gasteiger partial charge in [-0.3, -0.25) is 0 Å². The zero-order valence-electron chi connectivity index (χ0n) is 58.5. The molecule has 2 aliphatic heterocycles. The Morgan fingerprint density at radius 2 is 0.704 bits per heavy atom. The summed E-state index contributed by atoms with van der Waals surface area (Å²) in [5, 5.41) is 1.45. The zero-order chi connectivity index (χ0) is 72.0. The normalized spacial score (nSPS) is 12.0. The molecule has 14 aromatic carbocycles. The fourth-order valence-corrected chi connectivity index (χ4v) is 15.6. The van der Waals surface area contributed by atoms with Crippen molar-refractivity contribution in [2.45, 2.75) is 13.2 Å². The number of carbonyl (C=O) groups excluding carboxylic acids is 2. The molecule has 0 fully saturated rings. The van der Waals surface area contributed by atoms with E-state index in [1.807, 2.05) is 152 Å². The average Bonchev–Trinajstić information content (AvgIpc) is 1.03. The third-order valence-corrected chi connectivity index (χ3v) is 20.6. The summed E-state index contributed by atoms with van der Waals surface area (Å²) < 4.78 is 14.2. The van der Waals surface area contributed by atoms with Crippen LogP contribution in [0.2, 0.25) is 0 Å². The topological polar surface area (TPSA) is 103 Å². The van der Waals surface area contributed by atoms with E-state index in [2.05, 4.69) is 233 Å². The molecule has 510 valence electrons. The van der Waals surface area contributed by atoms with Crippen LogP contribution in [0.3, 0.4) is 0 Å². The minimum absolute atomic E-state index is 0.0468. The standard InChI is InChI=1S/C97H65BN6O4/c105-96(107-62-64-27-8-1-9-28-64)72-48-51-87-78(55-72)79-56-73(97(106)108-63-65-29-10-2-11-30-65)49-52-88(79)104(87)89-50-47-70(74-57-83(66-31-12-3-13-32-66)99-84(58-74)67-33-14-4-15-34-67)54-80(89)86-61-85(68-35-16-5-17-36-68)100-95(101-86)71-38-26-37-69(53-71)75-59-92-94-93(60-75)103(77-41-20-7-21-42-77)91-46-25-23-44-82(91)98(94)81-43-22-24-45-90(81)102(92)76-39-18-6-19-40-76/h1-61H,62-63H2. The number of hydrogen-bond acceptors (Lipinski definition) is 9. The molecule has 5 heterocycles. The Labute approximate surface area is 625 Å². The lowest BCUT2D eigenvalue weighted by Gasteiger charge is -2.44. The van der Waals surface area contributed by atoms with Gasteiger partial charge in [-0.05, 0) is 171 Å². The summed E-state index contributed by atoms with van der Waals surface area (Å²) in [4.78, 5) is 50.1. The molecule has 0 spiro atoms. The minimum atomic E-state index is -0.479. The summed E-state index contributed by atoms with van der Waals surface area (Å²) in [6.07, 6.45) is 0. The lowest BCUT2D eigenvalue weighted by Crippen LogP contribution is -2.61. The lowest BCUT2D eigenvalue weighted by atomic mass is 9.33. The van der Waals surface area contributed by atoms with Gasteiger partial charge in [0.2, 0.25) is 0 Å². The van der Waals surface area contributed by atoms with E-state index in [0.29, 0.717) is 22.6 Å². The Balaban J connectivity index is 0.824. The number of esters is 2. The Bertz CT molecular complexity index is 6020. The third kappa shape index (κ3) is 12.0. The van der Waals surface area contributed by atoms with Crippen molar-refractivity contribution in [3.63, 3.8) is 0 Å². The van der Waals surface area contributed by atoms with E-state index in [-0.39, 0.29) is 19.9 Å². The van der Waals surface area contributed by atoms with Crippen LogP contribution >= 0.6 is 0 Å². The summed E-state index contributed by atoms with van der Waals surface area (Å²) >= 11 is 0. The first kappa shape index (κ1) is 64.5. The smallest absolute Gasteiger partial charge is 0.338 e. The third-order valence-electron chi connectivity index (χ3n) is 20.6. The van der Waals surface area contributed by atoms with Gasteiger partial charge in [0.15, 0.2) is 5.82 Å². The molecule has 108 heavy (non-hydrogen) atoms. The molecule has 0 bridgehead atoms. The van der Waals surface area contributed by atoms with E-state index >= 15 is 0 Å². The maximum absolute atomic E-state index is 14.3. The molecule has 11 heteroatoms. The number of ether oxygens (including phenoxy) is 2. The van der Waals surface area contributed by atoms with Crippen molar-refractivity contribution in [3.05, 3.63) is 392 Å². The van der Waals surface area contributed by atoms with Gasteiger partial charge < -0.3 is 23.8 Å². The predicted molar refractivity (Wildman–Crippen MR) is 437 cm³/mol. The van der Waals surface area contributed by atoms with Crippen LogP contribution in [0.4, 0.5) is 34.1 Å². The Morgan fingerprint density at radius 1 is 0.296 bits per heavy atom. The van der Waals surface area contributed by atoms with Gasteiger partial charge >= 0.3 is 11.9 Å². The lowest BCUT2D eigenvalue weighted by molar-refractivity contribution is 0.0464. The van der Waals surface area contributed by atoms with E-state index in [9.17, 15) is 9.59 Å². The van der Waals surface area contributed by atoms with Crippen molar-refractivity contribution in [1.29, 1.82) is 0 Å². The van der Waals surface area contributed by atoms with Crippen molar-refractivity contribution in [3.8, 4) is 84.4 Å². The quantitative estimate of drug-likeness (QED) is 0.0691. The SMILES string of the molecule is O=C(OCc1ccccc1)c1ccc2c(c1)c1cc(C(=O)OCc3ccccc3)ccc1n2-c1ccc(-c2cc(-c3ccccc3)nc(-c3ccccc3)c2)cc1-c1cc(-c2ccccc2)nc(-c2cccc(-c3cc4c5c(c3)N(c3ccccc3)c3ccccc3B5c3ccccc3N4c3ccccc3)c2)n1. The summed E-state index contributed by atoms with van der Waals surface area (Å²) in [6, 6.07) is 127. The molecule has 0 aliphatic carbocycles. The van der Waals surface area contributed by atoms with Crippen molar-refractivity contribution < 1.29 is 19.1 Å². The second-order valence-electron chi connectivity index (χ2n) is 27.2. The highest BCUT2D eigenvalue weighted by atomic mass is 16.5. The highest BCUT2D eigenvalue weighted by Crippen LogP contribution is 2.48. The van der Waals surface area contributed by atoms with Gasteiger partial charge in [0.05, 0.1) is 50.6 Å². The van der Waals surface area contributed by atoms with E-state index in [4.69, 9.17) is 24.4 Å². The van der Waals surface area contributed by atoms with Crippen molar-refractivity contribution in [2.24, 2.45) is 0 Å². The summed E-state index contributed by atoms with van der Waals surface area (Å²) in [6.45, 7) is 0.150. The number of fused-ring (bicyclic) bond motifs is 7. The van der Waals surface area contributed by atoms with Gasteiger partial charge in [-0.25, -0.2) is 24.5 Å². The van der Waals surface area contributed by atoms with Crippen LogP contribution in [0.25, 0.3) is 106 Å². The Morgan fingerprint density at radius 3 is 1.20 bits per heavy atom. The molecule has 3 aromatic heterocycles. The number of carbonyl (C=O) groups is 2. The maximum atomic E-state index is 14.3. The van der Waals surface area contributed by atoms with E-state index in [1.54, 1.807) is 0 Å². The molecule has 0 amide bonds.